The molecule has 1 atom stereocenters. The van der Waals surface area contributed by atoms with Crippen LogP contribution in [-0.4, -0.2) is 37.6 Å². The van der Waals surface area contributed by atoms with Gasteiger partial charge in [0.2, 0.25) is 0 Å². The normalized spacial score (nSPS) is 20.4. The Morgan fingerprint density at radius 1 is 1.35 bits per heavy atom. The van der Waals surface area contributed by atoms with Crippen LogP contribution in [0.15, 0.2) is 23.1 Å². The molecule has 6 nitrogen and oxygen atoms in total. The summed E-state index contributed by atoms with van der Waals surface area (Å²) >= 11 is 0. The third kappa shape index (κ3) is 3.07. The quantitative estimate of drug-likeness (QED) is 0.835. The molecule has 3 rings (SSSR count). The number of nitrogens with zero attached hydrogens (tertiary/aromatic N) is 5. The topological polar surface area (TPSA) is 60.0 Å². The van der Waals surface area contributed by atoms with Crippen LogP contribution in [-0.2, 0) is 13.1 Å². The van der Waals surface area contributed by atoms with Gasteiger partial charge >= 0.3 is 0 Å². The maximum atomic E-state index is 4.80. The van der Waals surface area contributed by atoms with E-state index in [1.54, 1.807) is 0 Å². The molecule has 1 aliphatic rings. The highest BCUT2D eigenvalue weighted by Crippen LogP contribution is 2.22. The van der Waals surface area contributed by atoms with E-state index in [1.807, 2.05) is 30.1 Å². The monoisotopic (exact) mass is 275 g/mol. The Morgan fingerprint density at radius 2 is 2.30 bits per heavy atom. The summed E-state index contributed by atoms with van der Waals surface area (Å²) in [5, 5.41) is 12.2. The van der Waals surface area contributed by atoms with E-state index in [0.717, 1.165) is 37.4 Å². The molecule has 0 spiro atoms. The lowest BCUT2D eigenvalue weighted by Gasteiger charge is -2.35. The number of piperidine rings is 1. The third-order valence-corrected chi connectivity index (χ3v) is 4.10. The van der Waals surface area contributed by atoms with E-state index >= 15 is 0 Å². The van der Waals surface area contributed by atoms with Crippen molar-refractivity contribution >= 4 is 0 Å². The molecular weight excluding hydrogens is 254 g/mol. The van der Waals surface area contributed by atoms with Gasteiger partial charge in [0.15, 0.2) is 0 Å². The summed E-state index contributed by atoms with van der Waals surface area (Å²) in [5.74, 6) is 0. The molecule has 1 unspecified atom stereocenters. The molecular formula is C14H21N5O. The van der Waals surface area contributed by atoms with Crippen molar-refractivity contribution in [1.29, 1.82) is 0 Å². The zero-order valence-corrected chi connectivity index (χ0v) is 11.9. The van der Waals surface area contributed by atoms with E-state index < -0.39 is 0 Å². The van der Waals surface area contributed by atoms with Crippen LogP contribution < -0.4 is 0 Å². The summed E-state index contributed by atoms with van der Waals surface area (Å²) in [5.41, 5.74) is 1.87. The van der Waals surface area contributed by atoms with Crippen LogP contribution in [0.25, 0.3) is 0 Å². The Labute approximate surface area is 118 Å². The van der Waals surface area contributed by atoms with Gasteiger partial charge in [0.25, 0.3) is 0 Å². The molecule has 0 saturated carbocycles. The minimum Gasteiger partial charge on any atom is -0.294 e. The van der Waals surface area contributed by atoms with E-state index in [9.17, 15) is 0 Å². The number of rotatable bonds is 5. The van der Waals surface area contributed by atoms with E-state index in [-0.39, 0.29) is 0 Å². The average molecular weight is 275 g/mol. The highest BCUT2D eigenvalue weighted by Gasteiger charge is 2.24. The van der Waals surface area contributed by atoms with Crippen LogP contribution in [0.3, 0.4) is 0 Å². The van der Waals surface area contributed by atoms with E-state index in [0.29, 0.717) is 6.04 Å². The maximum absolute atomic E-state index is 4.80. The molecule has 0 bridgehead atoms. The summed E-state index contributed by atoms with van der Waals surface area (Å²) in [7, 11) is 0. The van der Waals surface area contributed by atoms with E-state index in [1.165, 1.54) is 19.3 Å². The molecule has 20 heavy (non-hydrogen) atoms. The Morgan fingerprint density at radius 3 is 3.05 bits per heavy atom. The van der Waals surface area contributed by atoms with Crippen molar-refractivity contribution in [3.63, 3.8) is 0 Å². The molecule has 1 aliphatic heterocycles. The molecule has 1 saturated heterocycles. The summed E-state index contributed by atoms with van der Waals surface area (Å²) < 4.78 is 6.81. The van der Waals surface area contributed by atoms with E-state index in [2.05, 4.69) is 20.3 Å². The highest BCUT2D eigenvalue weighted by molar-refractivity contribution is 5.04. The van der Waals surface area contributed by atoms with Gasteiger partial charge in [-0.05, 0) is 38.8 Å². The summed E-state index contributed by atoms with van der Waals surface area (Å²) in [6.45, 7) is 4.91. The molecule has 6 heteroatoms. The van der Waals surface area contributed by atoms with Crippen LogP contribution in [0.2, 0.25) is 0 Å². The van der Waals surface area contributed by atoms with Crippen molar-refractivity contribution in [1.82, 2.24) is 25.0 Å². The zero-order chi connectivity index (χ0) is 13.8. The fourth-order valence-corrected chi connectivity index (χ4v) is 2.89. The first-order chi connectivity index (χ1) is 9.83. The molecule has 0 aromatic carbocycles. The lowest BCUT2D eigenvalue weighted by Crippen LogP contribution is -2.39. The van der Waals surface area contributed by atoms with Crippen LogP contribution in [0.4, 0.5) is 0 Å². The molecule has 0 N–H and O–H groups in total. The lowest BCUT2D eigenvalue weighted by atomic mass is 9.99. The maximum Gasteiger partial charge on any atom is 0.122 e. The fraction of sp³-hybridized carbons (Fsp3) is 0.643. The minimum absolute atomic E-state index is 0.601. The van der Waals surface area contributed by atoms with Crippen molar-refractivity contribution in [2.24, 2.45) is 0 Å². The number of hydrogen-bond donors (Lipinski definition) is 0. The number of aromatic nitrogens is 4. The minimum atomic E-state index is 0.601. The van der Waals surface area contributed by atoms with Crippen LogP contribution in [0, 0.1) is 6.92 Å². The predicted molar refractivity (Wildman–Crippen MR) is 73.9 cm³/mol. The second-order valence-electron chi connectivity index (χ2n) is 5.47. The van der Waals surface area contributed by atoms with Gasteiger partial charge in [-0.25, -0.2) is 4.63 Å². The summed E-state index contributed by atoms with van der Waals surface area (Å²) in [6, 6.07) is 2.58. The molecule has 0 radical (unpaired) electrons. The van der Waals surface area contributed by atoms with Crippen molar-refractivity contribution in [2.45, 2.75) is 51.7 Å². The van der Waals surface area contributed by atoms with E-state index in [4.69, 9.17) is 4.63 Å². The number of hydrogen-bond acceptors (Lipinski definition) is 5. The first kappa shape index (κ1) is 13.3. The Kier molecular flexibility index (Phi) is 4.11. The van der Waals surface area contributed by atoms with Crippen LogP contribution in [0.1, 0.15) is 37.1 Å². The van der Waals surface area contributed by atoms with Crippen LogP contribution in [0.5, 0.6) is 0 Å². The van der Waals surface area contributed by atoms with Crippen molar-refractivity contribution in [2.75, 3.05) is 6.54 Å². The van der Waals surface area contributed by atoms with Gasteiger partial charge in [0.05, 0.1) is 0 Å². The first-order valence-corrected chi connectivity index (χ1v) is 7.32. The fourth-order valence-electron chi connectivity index (χ4n) is 2.89. The van der Waals surface area contributed by atoms with Gasteiger partial charge in [0, 0.05) is 31.5 Å². The zero-order valence-electron chi connectivity index (χ0n) is 11.9. The largest absolute Gasteiger partial charge is 0.294 e. The number of aryl methyl sites for hydroxylation is 2. The first-order valence-electron chi connectivity index (χ1n) is 7.32. The van der Waals surface area contributed by atoms with Crippen LogP contribution >= 0.6 is 0 Å². The van der Waals surface area contributed by atoms with Gasteiger partial charge in [-0.2, -0.15) is 5.10 Å². The lowest BCUT2D eigenvalue weighted by molar-refractivity contribution is 0.123. The van der Waals surface area contributed by atoms with Crippen molar-refractivity contribution in [3.8, 4) is 0 Å². The van der Waals surface area contributed by atoms with Gasteiger partial charge in [0.1, 0.15) is 11.4 Å². The average Bonchev–Trinajstić information content (AvgIpc) is 3.11. The van der Waals surface area contributed by atoms with Gasteiger partial charge in [-0.1, -0.05) is 16.7 Å². The van der Waals surface area contributed by atoms with Crippen molar-refractivity contribution in [3.05, 3.63) is 29.8 Å². The second-order valence-corrected chi connectivity index (χ2v) is 5.47. The van der Waals surface area contributed by atoms with Gasteiger partial charge in [-0.3, -0.25) is 9.58 Å². The standard InChI is InChI=1S/C14H21N5O/c1-12-14(17-20-16-12)11-18-8-3-2-5-13(18)6-10-19-9-4-7-15-19/h4,7,9,13H,2-3,5-6,8,10-11H2,1H3. The molecule has 0 aliphatic carbocycles. The predicted octanol–water partition coefficient (Wildman–Crippen LogP) is 2.02. The molecule has 3 heterocycles. The molecule has 1 fully saturated rings. The van der Waals surface area contributed by atoms with Gasteiger partial charge in [-0.15, -0.1) is 0 Å². The SMILES string of the molecule is Cc1nonc1CN1CCCCC1CCn1cccn1. The highest BCUT2D eigenvalue weighted by atomic mass is 16.6. The Hall–Kier alpha value is -1.69. The summed E-state index contributed by atoms with van der Waals surface area (Å²) in [6.07, 6.45) is 8.83. The smallest absolute Gasteiger partial charge is 0.122 e. The second kappa shape index (κ2) is 6.17. The molecule has 108 valence electrons. The Bertz CT molecular complexity index is 521. The molecule has 2 aromatic rings. The third-order valence-electron chi connectivity index (χ3n) is 4.10. The molecule has 0 amide bonds. The number of likely N-dealkylation sites (tertiary alicyclic amines) is 1. The molecule has 2 aromatic heterocycles. The Balaban J connectivity index is 1.60. The van der Waals surface area contributed by atoms with Gasteiger partial charge < -0.3 is 0 Å². The summed E-state index contributed by atoms with van der Waals surface area (Å²) in [4.78, 5) is 2.51. The van der Waals surface area contributed by atoms with Crippen molar-refractivity contribution < 1.29 is 4.63 Å².